The summed E-state index contributed by atoms with van der Waals surface area (Å²) in [4.78, 5) is 37.2. The monoisotopic (exact) mass is 332 g/mol. The number of aldehydes is 1. The zero-order valence-corrected chi connectivity index (χ0v) is 13.5. The van der Waals surface area contributed by atoms with Crippen molar-refractivity contribution in [2.75, 3.05) is 6.54 Å². The van der Waals surface area contributed by atoms with Gasteiger partial charge < -0.3 is 4.57 Å². The van der Waals surface area contributed by atoms with E-state index >= 15 is 0 Å². The number of fused-ring (bicyclic) bond motifs is 2. The number of hydrogen-bond acceptors (Lipinski definition) is 3. The summed E-state index contributed by atoms with van der Waals surface area (Å²) in [6, 6.07) is 14.6. The molecule has 1 aromatic heterocycles. The van der Waals surface area contributed by atoms with Crippen molar-refractivity contribution < 1.29 is 14.4 Å². The predicted molar refractivity (Wildman–Crippen MR) is 93.8 cm³/mol. The summed E-state index contributed by atoms with van der Waals surface area (Å²) >= 11 is 0. The van der Waals surface area contributed by atoms with Gasteiger partial charge in [-0.1, -0.05) is 30.3 Å². The second-order valence-corrected chi connectivity index (χ2v) is 6.07. The Bertz CT molecular complexity index is 968. The van der Waals surface area contributed by atoms with Gasteiger partial charge in [-0.3, -0.25) is 19.3 Å². The van der Waals surface area contributed by atoms with Gasteiger partial charge >= 0.3 is 0 Å². The average Bonchev–Trinajstić information content (AvgIpc) is 3.13. The molecule has 0 spiro atoms. The number of rotatable bonds is 5. The summed E-state index contributed by atoms with van der Waals surface area (Å²) < 4.78 is 2.00. The van der Waals surface area contributed by atoms with Crippen LogP contribution >= 0.6 is 0 Å². The molecule has 5 nitrogen and oxygen atoms in total. The van der Waals surface area contributed by atoms with E-state index in [2.05, 4.69) is 0 Å². The zero-order chi connectivity index (χ0) is 17.4. The molecule has 4 rings (SSSR count). The quantitative estimate of drug-likeness (QED) is 0.533. The number of carbonyl (C=O) groups is 3. The molecule has 1 aliphatic heterocycles. The van der Waals surface area contributed by atoms with Crippen molar-refractivity contribution in [2.45, 2.75) is 13.0 Å². The molecule has 3 aromatic rings. The van der Waals surface area contributed by atoms with Gasteiger partial charge in [-0.2, -0.15) is 0 Å². The van der Waals surface area contributed by atoms with Crippen molar-refractivity contribution in [3.63, 3.8) is 0 Å². The van der Waals surface area contributed by atoms with Crippen LogP contribution in [0.5, 0.6) is 0 Å². The van der Waals surface area contributed by atoms with Gasteiger partial charge in [-0.05, 0) is 24.6 Å². The van der Waals surface area contributed by atoms with E-state index < -0.39 is 0 Å². The Morgan fingerprint density at radius 1 is 0.840 bits per heavy atom. The first-order valence-electron chi connectivity index (χ1n) is 8.19. The minimum atomic E-state index is -0.230. The second kappa shape index (κ2) is 6.02. The Morgan fingerprint density at radius 2 is 1.48 bits per heavy atom. The number of hydrogen-bond donors (Lipinski definition) is 0. The molecule has 0 fully saturated rings. The molecule has 1 aliphatic rings. The summed E-state index contributed by atoms with van der Waals surface area (Å²) in [7, 11) is 0. The highest BCUT2D eigenvalue weighted by molar-refractivity contribution is 6.21. The number of imide groups is 1. The molecule has 2 amide bonds. The molecule has 2 heterocycles. The van der Waals surface area contributed by atoms with Gasteiger partial charge in [0.15, 0.2) is 6.29 Å². The first-order chi connectivity index (χ1) is 12.2. The number of para-hydroxylation sites is 1. The van der Waals surface area contributed by atoms with Crippen molar-refractivity contribution in [1.82, 2.24) is 9.47 Å². The van der Waals surface area contributed by atoms with Crippen molar-refractivity contribution in [1.29, 1.82) is 0 Å². The van der Waals surface area contributed by atoms with Crippen LogP contribution in [0.4, 0.5) is 0 Å². The third kappa shape index (κ3) is 2.45. The summed E-state index contributed by atoms with van der Waals surface area (Å²) in [5.74, 6) is -0.460. The van der Waals surface area contributed by atoms with E-state index in [1.54, 1.807) is 24.3 Å². The Labute approximate surface area is 144 Å². The van der Waals surface area contributed by atoms with Crippen LogP contribution in [-0.2, 0) is 6.54 Å². The summed E-state index contributed by atoms with van der Waals surface area (Å²) in [6.45, 7) is 0.983. The number of benzene rings is 2. The van der Waals surface area contributed by atoms with Gasteiger partial charge in [0.05, 0.1) is 11.1 Å². The van der Waals surface area contributed by atoms with Gasteiger partial charge in [0.25, 0.3) is 11.8 Å². The zero-order valence-electron chi connectivity index (χ0n) is 13.5. The van der Waals surface area contributed by atoms with E-state index in [4.69, 9.17) is 0 Å². The van der Waals surface area contributed by atoms with Crippen LogP contribution < -0.4 is 0 Å². The number of carbonyl (C=O) groups excluding carboxylic acids is 3. The maximum atomic E-state index is 12.4. The lowest BCUT2D eigenvalue weighted by Gasteiger charge is -2.14. The van der Waals surface area contributed by atoms with Gasteiger partial charge in [0.1, 0.15) is 0 Å². The maximum Gasteiger partial charge on any atom is 0.261 e. The van der Waals surface area contributed by atoms with Crippen LogP contribution in [0.2, 0.25) is 0 Å². The molecule has 5 heteroatoms. The van der Waals surface area contributed by atoms with Crippen molar-refractivity contribution in [3.8, 4) is 0 Å². The van der Waals surface area contributed by atoms with E-state index in [-0.39, 0.29) is 11.8 Å². The minimum absolute atomic E-state index is 0.230. The summed E-state index contributed by atoms with van der Waals surface area (Å²) in [5.41, 5.74) is 2.58. The molecule has 0 radical (unpaired) electrons. The van der Waals surface area contributed by atoms with Crippen LogP contribution in [0.1, 0.15) is 37.5 Å². The SMILES string of the molecule is O=Cc1cn(CCCN2C(=O)c3ccccc3C2=O)c2ccccc12. The Morgan fingerprint density at radius 3 is 2.16 bits per heavy atom. The Hall–Kier alpha value is -3.21. The van der Waals surface area contributed by atoms with Crippen molar-refractivity contribution in [2.24, 2.45) is 0 Å². The molecule has 0 aliphatic carbocycles. The third-order valence-electron chi connectivity index (χ3n) is 4.61. The lowest BCUT2D eigenvalue weighted by molar-refractivity contribution is 0.0650. The van der Waals surface area contributed by atoms with Gasteiger partial charge in [-0.25, -0.2) is 0 Å². The van der Waals surface area contributed by atoms with Crippen LogP contribution in [0.15, 0.2) is 54.7 Å². The van der Waals surface area contributed by atoms with Crippen LogP contribution in [0.25, 0.3) is 10.9 Å². The molecule has 25 heavy (non-hydrogen) atoms. The largest absolute Gasteiger partial charge is 0.347 e. The molecule has 0 saturated carbocycles. The molecule has 2 aromatic carbocycles. The standard InChI is InChI=1S/C20H16N2O3/c23-13-14-12-21(18-9-4-3-6-15(14)18)10-5-11-22-19(24)16-7-1-2-8-17(16)20(22)25/h1-4,6-9,12-13H,5,10-11H2. The number of aryl methyl sites for hydroxylation is 1. The number of aromatic nitrogens is 1. The predicted octanol–water partition coefficient (Wildman–Crippen LogP) is 3.14. The molecular formula is C20H16N2O3. The van der Waals surface area contributed by atoms with Gasteiger partial charge in [0.2, 0.25) is 0 Å². The van der Waals surface area contributed by atoms with E-state index in [1.807, 2.05) is 35.0 Å². The molecule has 0 atom stereocenters. The molecule has 0 unspecified atom stereocenters. The summed E-state index contributed by atoms with van der Waals surface area (Å²) in [5, 5.41) is 0.915. The lowest BCUT2D eigenvalue weighted by Crippen LogP contribution is -2.31. The lowest BCUT2D eigenvalue weighted by atomic mass is 10.1. The fraction of sp³-hybridized carbons (Fsp3) is 0.150. The van der Waals surface area contributed by atoms with Crippen LogP contribution in [0, 0.1) is 0 Å². The maximum absolute atomic E-state index is 12.4. The topological polar surface area (TPSA) is 59.4 Å². The van der Waals surface area contributed by atoms with Crippen LogP contribution in [0.3, 0.4) is 0 Å². The third-order valence-corrected chi connectivity index (χ3v) is 4.61. The molecule has 0 saturated heterocycles. The highest BCUT2D eigenvalue weighted by Crippen LogP contribution is 2.23. The second-order valence-electron chi connectivity index (χ2n) is 6.07. The first-order valence-corrected chi connectivity index (χ1v) is 8.19. The highest BCUT2D eigenvalue weighted by Gasteiger charge is 2.34. The van der Waals surface area contributed by atoms with E-state index in [0.29, 0.717) is 36.2 Å². The first kappa shape index (κ1) is 15.3. The van der Waals surface area contributed by atoms with E-state index in [0.717, 1.165) is 17.2 Å². The Balaban J connectivity index is 1.50. The number of amides is 2. The van der Waals surface area contributed by atoms with Gasteiger partial charge in [-0.15, -0.1) is 0 Å². The van der Waals surface area contributed by atoms with E-state index in [9.17, 15) is 14.4 Å². The van der Waals surface area contributed by atoms with Crippen molar-refractivity contribution >= 4 is 29.0 Å². The fourth-order valence-electron chi connectivity index (χ4n) is 3.40. The molecule has 0 N–H and O–H groups in total. The normalized spacial score (nSPS) is 13.5. The molecule has 124 valence electrons. The smallest absolute Gasteiger partial charge is 0.261 e. The highest BCUT2D eigenvalue weighted by atomic mass is 16.2. The molecule has 0 bridgehead atoms. The molecular weight excluding hydrogens is 316 g/mol. The van der Waals surface area contributed by atoms with E-state index in [1.165, 1.54) is 4.90 Å². The minimum Gasteiger partial charge on any atom is -0.347 e. The summed E-state index contributed by atoms with van der Waals surface area (Å²) in [6.07, 6.45) is 3.30. The number of nitrogens with zero attached hydrogens (tertiary/aromatic N) is 2. The van der Waals surface area contributed by atoms with Crippen LogP contribution in [-0.4, -0.2) is 34.1 Å². The fourth-order valence-corrected chi connectivity index (χ4v) is 3.40. The average molecular weight is 332 g/mol. The Kier molecular flexibility index (Phi) is 3.69. The van der Waals surface area contributed by atoms with Gasteiger partial charge in [0, 0.05) is 35.8 Å². The van der Waals surface area contributed by atoms with Crippen molar-refractivity contribution in [3.05, 3.63) is 71.4 Å².